The lowest BCUT2D eigenvalue weighted by molar-refractivity contribution is 0.0921. The number of hydrogen-bond acceptors (Lipinski definition) is 3. The number of benzene rings is 3. The smallest absolute Gasteiger partial charge is 0.165 e. The van der Waals surface area contributed by atoms with Gasteiger partial charge in [-0.15, -0.1) is 0 Å². The van der Waals surface area contributed by atoms with E-state index in [-0.39, 0.29) is 23.8 Å². The predicted molar refractivity (Wildman–Crippen MR) is 178 cm³/mol. The lowest BCUT2D eigenvalue weighted by Crippen LogP contribution is -2.21. The summed E-state index contributed by atoms with van der Waals surface area (Å²) in [7, 11) is 0. The molecule has 2 N–H and O–H groups in total. The number of nitrogens with two attached hydrogens (primary N) is 1. The van der Waals surface area contributed by atoms with E-state index in [1.807, 2.05) is 6.92 Å². The number of aryl methyl sites for hydroxylation is 3. The molecule has 0 radical (unpaired) electrons. The predicted octanol–water partition coefficient (Wildman–Crippen LogP) is 9.89. The Morgan fingerprint density at radius 3 is 2.26 bits per heavy atom. The van der Waals surface area contributed by atoms with E-state index >= 15 is 0 Å². The van der Waals surface area contributed by atoms with Crippen LogP contribution in [0.25, 0.3) is 11.1 Å². The highest BCUT2D eigenvalue weighted by Crippen LogP contribution is 2.41. The lowest BCUT2D eigenvalue weighted by Gasteiger charge is -2.20. The van der Waals surface area contributed by atoms with Gasteiger partial charge in [0.25, 0.3) is 0 Å². The fourth-order valence-electron chi connectivity index (χ4n) is 6.34. The van der Waals surface area contributed by atoms with Crippen molar-refractivity contribution in [3.63, 3.8) is 0 Å². The molecule has 3 aromatic carbocycles. The first-order valence-electron chi connectivity index (χ1n) is 16.3. The molecule has 0 saturated heterocycles. The van der Waals surface area contributed by atoms with Crippen LogP contribution < -0.4 is 10.5 Å². The van der Waals surface area contributed by atoms with Gasteiger partial charge < -0.3 is 10.5 Å². The Labute approximate surface area is 254 Å². The summed E-state index contributed by atoms with van der Waals surface area (Å²) in [5.74, 6) is 1.13. The summed E-state index contributed by atoms with van der Waals surface area (Å²) in [5.41, 5.74) is 17.3. The van der Waals surface area contributed by atoms with Gasteiger partial charge >= 0.3 is 0 Å². The van der Waals surface area contributed by atoms with Gasteiger partial charge in [-0.2, -0.15) is 0 Å². The largest absolute Gasteiger partial charge is 0.490 e. The minimum atomic E-state index is -0.0283. The molecule has 0 spiro atoms. The van der Waals surface area contributed by atoms with E-state index in [4.69, 9.17) is 10.5 Å². The molecule has 3 aromatic rings. The van der Waals surface area contributed by atoms with Crippen LogP contribution in [-0.4, -0.2) is 17.9 Å². The molecule has 0 amide bonds. The van der Waals surface area contributed by atoms with E-state index in [0.29, 0.717) is 0 Å². The number of hydrogen-bond donors (Lipinski definition) is 1. The molecule has 0 bridgehead atoms. The standard InChI is InChI=1S/C39H51NO2/c1-7-11-33(9-3)42-34-20-16-29(17-21-34)38-36-23-18-31(39(41)27(5)15-19-32(40)8-2)25-30(36)12-10-13-37(38)35-22-14-26(4)24-28(35)6/h14,16-18,20-25,27,32-33H,7-13,15,19,40H2,1-6H3. The average molecular weight is 566 g/mol. The van der Waals surface area contributed by atoms with E-state index in [2.05, 4.69) is 95.3 Å². The molecule has 3 nitrogen and oxygen atoms in total. The molecule has 42 heavy (non-hydrogen) atoms. The first-order valence-corrected chi connectivity index (χ1v) is 16.3. The third-order valence-corrected chi connectivity index (χ3v) is 8.99. The quantitative estimate of drug-likeness (QED) is 0.210. The summed E-state index contributed by atoms with van der Waals surface area (Å²) in [4.78, 5) is 13.5. The second-order valence-electron chi connectivity index (χ2n) is 12.4. The lowest BCUT2D eigenvalue weighted by atomic mass is 9.85. The van der Waals surface area contributed by atoms with Crippen molar-refractivity contribution in [3.05, 3.63) is 99.6 Å². The van der Waals surface area contributed by atoms with E-state index in [1.54, 1.807) is 0 Å². The molecule has 0 fully saturated rings. The van der Waals surface area contributed by atoms with Gasteiger partial charge in [0.2, 0.25) is 0 Å². The zero-order chi connectivity index (χ0) is 30.2. The maximum Gasteiger partial charge on any atom is 0.165 e. The maximum absolute atomic E-state index is 13.5. The van der Waals surface area contributed by atoms with Gasteiger partial charge in [-0.3, -0.25) is 4.79 Å². The summed E-state index contributed by atoms with van der Waals surface area (Å²) < 4.78 is 6.33. The second kappa shape index (κ2) is 14.8. The maximum atomic E-state index is 13.5. The fourth-order valence-corrected chi connectivity index (χ4v) is 6.34. The van der Waals surface area contributed by atoms with E-state index in [9.17, 15) is 4.79 Å². The number of ether oxygens (including phenoxy) is 1. The van der Waals surface area contributed by atoms with Gasteiger partial charge in [0, 0.05) is 17.5 Å². The molecule has 0 aliphatic heterocycles. The monoisotopic (exact) mass is 565 g/mol. The van der Waals surface area contributed by atoms with Crippen LogP contribution in [0, 0.1) is 19.8 Å². The van der Waals surface area contributed by atoms with E-state index < -0.39 is 0 Å². The van der Waals surface area contributed by atoms with E-state index in [1.165, 1.54) is 44.5 Å². The fraction of sp³-hybridized carbons (Fsp3) is 0.462. The summed E-state index contributed by atoms with van der Waals surface area (Å²) in [6.45, 7) is 12.9. The Kier molecular flexibility index (Phi) is 11.2. The molecule has 3 atom stereocenters. The van der Waals surface area contributed by atoms with Crippen molar-refractivity contribution in [1.29, 1.82) is 0 Å². The topological polar surface area (TPSA) is 52.3 Å². The highest BCUT2D eigenvalue weighted by atomic mass is 16.5. The van der Waals surface area contributed by atoms with Crippen LogP contribution >= 0.6 is 0 Å². The third-order valence-electron chi connectivity index (χ3n) is 8.99. The highest BCUT2D eigenvalue weighted by Gasteiger charge is 2.24. The molecule has 4 rings (SSSR count). The van der Waals surface area contributed by atoms with Crippen LogP contribution in [-0.2, 0) is 6.42 Å². The van der Waals surface area contributed by atoms with Crippen LogP contribution in [0.1, 0.15) is 123 Å². The molecule has 3 heteroatoms. The van der Waals surface area contributed by atoms with Crippen molar-refractivity contribution in [2.75, 3.05) is 0 Å². The Balaban J connectivity index is 1.76. The van der Waals surface area contributed by atoms with Crippen molar-refractivity contribution in [1.82, 2.24) is 0 Å². The number of allylic oxidation sites excluding steroid dienone is 1. The summed E-state index contributed by atoms with van der Waals surface area (Å²) in [6, 6.07) is 22.1. The number of fused-ring (bicyclic) bond motifs is 1. The average Bonchev–Trinajstić information content (AvgIpc) is 3.18. The van der Waals surface area contributed by atoms with Gasteiger partial charge in [0.15, 0.2) is 5.78 Å². The normalized spacial score (nSPS) is 15.5. The molecule has 1 aliphatic rings. The van der Waals surface area contributed by atoms with Gasteiger partial charge in [0.05, 0.1) is 6.10 Å². The zero-order valence-corrected chi connectivity index (χ0v) is 26.8. The van der Waals surface area contributed by atoms with E-state index in [0.717, 1.165) is 69.1 Å². The Morgan fingerprint density at radius 1 is 0.857 bits per heavy atom. The van der Waals surface area contributed by atoms with Crippen LogP contribution in [0.4, 0.5) is 0 Å². The molecule has 0 heterocycles. The molecule has 0 aromatic heterocycles. The van der Waals surface area contributed by atoms with Gasteiger partial charge in [-0.1, -0.05) is 82.1 Å². The SMILES string of the molecule is CCCC(CC)Oc1ccc(C2=C(c3ccc(C)cc3C)CCCc3cc(C(=O)C(C)CCC(N)CC)ccc32)cc1. The van der Waals surface area contributed by atoms with Crippen molar-refractivity contribution in [2.45, 2.75) is 111 Å². The number of carbonyl (C=O) groups excluding carboxylic acids is 1. The van der Waals surface area contributed by atoms with Crippen LogP contribution in [0.15, 0.2) is 60.7 Å². The van der Waals surface area contributed by atoms with Gasteiger partial charge in [0.1, 0.15) is 5.75 Å². The number of carbonyl (C=O) groups is 1. The van der Waals surface area contributed by atoms with Gasteiger partial charge in [-0.25, -0.2) is 0 Å². The molecule has 0 saturated carbocycles. The summed E-state index contributed by atoms with van der Waals surface area (Å²) in [6.07, 6.45) is 9.12. The van der Waals surface area contributed by atoms with Crippen molar-refractivity contribution < 1.29 is 9.53 Å². The van der Waals surface area contributed by atoms with Crippen molar-refractivity contribution >= 4 is 16.9 Å². The zero-order valence-electron chi connectivity index (χ0n) is 26.8. The van der Waals surface area contributed by atoms with Crippen molar-refractivity contribution in [2.24, 2.45) is 11.7 Å². The summed E-state index contributed by atoms with van der Waals surface area (Å²) >= 11 is 0. The highest BCUT2D eigenvalue weighted by molar-refractivity contribution is 6.02. The molecular weight excluding hydrogens is 514 g/mol. The second-order valence-corrected chi connectivity index (χ2v) is 12.4. The number of Topliss-reactive ketones (excluding diaryl/α,β-unsaturated/α-hetero) is 1. The Hall–Kier alpha value is -3.17. The summed E-state index contributed by atoms with van der Waals surface area (Å²) in [5, 5.41) is 0. The van der Waals surface area contributed by atoms with Crippen LogP contribution in [0.3, 0.4) is 0 Å². The Bertz CT molecular complexity index is 1380. The third kappa shape index (κ3) is 7.61. The van der Waals surface area contributed by atoms with Crippen LogP contribution in [0.2, 0.25) is 0 Å². The molecule has 224 valence electrons. The van der Waals surface area contributed by atoms with Crippen molar-refractivity contribution in [3.8, 4) is 5.75 Å². The van der Waals surface area contributed by atoms with Gasteiger partial charge in [-0.05, 0) is 122 Å². The molecular formula is C39H51NO2. The molecule has 3 unspecified atom stereocenters. The molecule has 1 aliphatic carbocycles. The first kappa shape index (κ1) is 31.8. The van der Waals surface area contributed by atoms with Crippen LogP contribution in [0.5, 0.6) is 5.75 Å². The minimum Gasteiger partial charge on any atom is -0.490 e. The Morgan fingerprint density at radius 2 is 1.60 bits per heavy atom. The number of ketones is 1. The minimum absolute atomic E-state index is 0.0283. The first-order chi connectivity index (χ1) is 20.2. The number of rotatable bonds is 13.